The minimum atomic E-state index is -0.353. The molecule has 1 aromatic carbocycles. The van der Waals surface area contributed by atoms with E-state index < -0.39 is 0 Å². The van der Waals surface area contributed by atoms with Gasteiger partial charge in [0.1, 0.15) is 18.4 Å². The number of ether oxygens (including phenoxy) is 1. The number of fused-ring (bicyclic) bond motifs is 1. The molecule has 2 aromatic heterocycles. The van der Waals surface area contributed by atoms with Crippen LogP contribution >= 0.6 is 0 Å². The van der Waals surface area contributed by atoms with E-state index in [1.807, 2.05) is 11.6 Å². The Morgan fingerprint density at radius 2 is 1.97 bits per heavy atom. The number of morpholine rings is 1. The molecule has 0 bridgehead atoms. The fourth-order valence-electron chi connectivity index (χ4n) is 3.68. The van der Waals surface area contributed by atoms with Crippen molar-refractivity contribution in [2.24, 2.45) is 0 Å². The van der Waals surface area contributed by atoms with Gasteiger partial charge in [-0.25, -0.2) is 19.3 Å². The molecule has 0 aliphatic carbocycles. The Labute approximate surface area is 174 Å². The number of hydrogen-bond donors (Lipinski definition) is 1. The fraction of sp³-hybridized carbons (Fsp3) is 0.476. The summed E-state index contributed by atoms with van der Waals surface area (Å²) in [7, 11) is 1.98. The Morgan fingerprint density at radius 3 is 2.67 bits per heavy atom. The van der Waals surface area contributed by atoms with Gasteiger partial charge in [-0.2, -0.15) is 0 Å². The Hall–Kier alpha value is -2.62. The zero-order valence-electron chi connectivity index (χ0n) is 17.4. The molecule has 0 unspecified atom stereocenters. The van der Waals surface area contributed by atoms with Gasteiger partial charge in [0, 0.05) is 32.7 Å². The van der Waals surface area contributed by atoms with Gasteiger partial charge in [-0.05, 0) is 31.5 Å². The third kappa shape index (κ3) is 4.14. The van der Waals surface area contributed by atoms with Gasteiger partial charge in [0.25, 0.3) is 0 Å². The topological polar surface area (TPSA) is 79.5 Å². The van der Waals surface area contributed by atoms with E-state index >= 15 is 0 Å². The van der Waals surface area contributed by atoms with Crippen molar-refractivity contribution >= 4 is 17.0 Å². The molecule has 0 amide bonds. The van der Waals surface area contributed by atoms with E-state index in [1.54, 1.807) is 18.5 Å². The highest BCUT2D eigenvalue weighted by Crippen LogP contribution is 2.28. The number of imidazole rings is 1. The normalized spacial score (nSPS) is 20.2. The van der Waals surface area contributed by atoms with Crippen LogP contribution in [0.5, 0.6) is 0 Å². The Balaban J connectivity index is 1.61. The Morgan fingerprint density at radius 1 is 1.20 bits per heavy atom. The van der Waals surface area contributed by atoms with Gasteiger partial charge in [-0.15, -0.1) is 0 Å². The van der Waals surface area contributed by atoms with Crippen molar-refractivity contribution in [2.75, 3.05) is 31.6 Å². The molecule has 30 heavy (non-hydrogen) atoms. The molecule has 8 nitrogen and oxygen atoms in total. The third-order valence-electron chi connectivity index (χ3n) is 5.51. The lowest BCUT2D eigenvalue weighted by Gasteiger charge is -2.38. The van der Waals surface area contributed by atoms with Crippen LogP contribution in [-0.4, -0.2) is 68.4 Å². The lowest BCUT2D eigenvalue weighted by atomic mass is 10.1. The maximum atomic E-state index is 13.2. The van der Waals surface area contributed by atoms with Crippen molar-refractivity contribution in [3.8, 4) is 0 Å². The number of halogens is 1. The summed E-state index contributed by atoms with van der Waals surface area (Å²) in [5.74, 6) is 0.519. The lowest BCUT2D eigenvalue weighted by molar-refractivity contribution is -0.135. The highest BCUT2D eigenvalue weighted by molar-refractivity contribution is 5.83. The number of aliphatic hydroxyl groups is 1. The summed E-state index contributed by atoms with van der Waals surface area (Å²) in [5.41, 5.74) is 2.42. The summed E-state index contributed by atoms with van der Waals surface area (Å²) < 4.78 is 21.2. The van der Waals surface area contributed by atoms with Gasteiger partial charge in [0.15, 0.2) is 17.0 Å². The second kappa shape index (κ2) is 8.63. The van der Waals surface area contributed by atoms with Crippen LogP contribution in [0.25, 0.3) is 11.2 Å². The number of anilines is 1. The standard InChI is InChI=1S/C21H27FN6O2/c1-14(2)26(3)20-19-21(24-12-23-20)28(13-25-19)18-10-27(9-17(11-29)30-18)8-15-4-6-16(22)7-5-15/h4-7,12-14,17-18,29H,8-11H2,1-3H3/t17-,18+/m0/s1. The minimum absolute atomic E-state index is 0.0840. The van der Waals surface area contributed by atoms with Gasteiger partial charge in [-0.1, -0.05) is 12.1 Å². The zero-order valence-corrected chi connectivity index (χ0v) is 17.4. The van der Waals surface area contributed by atoms with E-state index in [1.165, 1.54) is 18.5 Å². The molecule has 2 atom stereocenters. The molecule has 3 aromatic rings. The number of nitrogens with zero attached hydrogens (tertiary/aromatic N) is 6. The predicted molar refractivity (Wildman–Crippen MR) is 112 cm³/mol. The summed E-state index contributed by atoms with van der Waals surface area (Å²) in [6.07, 6.45) is 2.57. The highest BCUT2D eigenvalue weighted by Gasteiger charge is 2.30. The van der Waals surface area contributed by atoms with Gasteiger partial charge in [-0.3, -0.25) is 9.47 Å². The van der Waals surface area contributed by atoms with E-state index in [4.69, 9.17) is 4.74 Å². The van der Waals surface area contributed by atoms with Crippen molar-refractivity contribution in [1.29, 1.82) is 0 Å². The maximum absolute atomic E-state index is 13.2. The molecule has 3 heterocycles. The summed E-state index contributed by atoms with van der Waals surface area (Å²) in [6.45, 7) is 5.92. The van der Waals surface area contributed by atoms with E-state index in [2.05, 4.69) is 38.6 Å². The van der Waals surface area contributed by atoms with Crippen LogP contribution in [0.15, 0.2) is 36.9 Å². The smallest absolute Gasteiger partial charge is 0.167 e. The summed E-state index contributed by atoms with van der Waals surface area (Å²) in [6, 6.07) is 6.75. The quantitative estimate of drug-likeness (QED) is 0.662. The number of aromatic nitrogens is 4. The number of rotatable bonds is 6. The Kier molecular flexibility index (Phi) is 5.94. The molecule has 160 valence electrons. The van der Waals surface area contributed by atoms with E-state index in [0.717, 1.165) is 11.4 Å². The highest BCUT2D eigenvalue weighted by atomic mass is 19.1. The molecule has 1 aliphatic rings. The largest absolute Gasteiger partial charge is 0.394 e. The molecule has 0 saturated carbocycles. The number of aliphatic hydroxyl groups excluding tert-OH is 1. The van der Waals surface area contributed by atoms with Gasteiger partial charge >= 0.3 is 0 Å². The molecule has 0 spiro atoms. The van der Waals surface area contributed by atoms with Crippen LogP contribution in [0.1, 0.15) is 25.6 Å². The number of benzene rings is 1. The third-order valence-corrected chi connectivity index (χ3v) is 5.51. The SMILES string of the molecule is CC(C)N(C)c1ncnc2c1ncn2[C@H]1CN(Cc2ccc(F)cc2)C[C@@H](CO)O1. The van der Waals surface area contributed by atoms with Crippen LogP contribution in [0.3, 0.4) is 0 Å². The van der Waals surface area contributed by atoms with Crippen LogP contribution in [0, 0.1) is 5.82 Å². The van der Waals surface area contributed by atoms with E-state index in [9.17, 15) is 9.50 Å². The Bertz CT molecular complexity index is 993. The van der Waals surface area contributed by atoms with Crippen LogP contribution in [0.2, 0.25) is 0 Å². The summed E-state index contributed by atoms with van der Waals surface area (Å²) in [5, 5.41) is 9.76. The van der Waals surface area contributed by atoms with E-state index in [0.29, 0.717) is 30.8 Å². The second-order valence-electron chi connectivity index (χ2n) is 7.94. The van der Waals surface area contributed by atoms with Gasteiger partial charge < -0.3 is 14.7 Å². The van der Waals surface area contributed by atoms with Crippen LogP contribution in [-0.2, 0) is 11.3 Å². The molecule has 1 saturated heterocycles. The predicted octanol–water partition coefficient (Wildman–Crippen LogP) is 2.20. The van der Waals surface area contributed by atoms with Crippen LogP contribution in [0.4, 0.5) is 10.2 Å². The molecule has 4 rings (SSSR count). The first-order chi connectivity index (χ1) is 14.5. The molecule has 9 heteroatoms. The molecular weight excluding hydrogens is 387 g/mol. The molecular formula is C21H27FN6O2. The van der Waals surface area contributed by atoms with Crippen molar-refractivity contribution in [3.05, 3.63) is 48.3 Å². The summed E-state index contributed by atoms with van der Waals surface area (Å²) >= 11 is 0. The first-order valence-corrected chi connectivity index (χ1v) is 10.1. The van der Waals surface area contributed by atoms with E-state index in [-0.39, 0.29) is 30.8 Å². The summed E-state index contributed by atoms with van der Waals surface area (Å²) in [4.78, 5) is 17.7. The van der Waals surface area contributed by atoms with Crippen molar-refractivity contribution in [3.63, 3.8) is 0 Å². The van der Waals surface area contributed by atoms with Gasteiger partial charge in [0.05, 0.1) is 19.0 Å². The van der Waals surface area contributed by atoms with Gasteiger partial charge in [0.2, 0.25) is 0 Å². The van der Waals surface area contributed by atoms with Crippen LogP contribution < -0.4 is 4.90 Å². The monoisotopic (exact) mass is 414 g/mol. The molecule has 1 fully saturated rings. The number of hydrogen-bond acceptors (Lipinski definition) is 7. The fourth-order valence-corrected chi connectivity index (χ4v) is 3.68. The van der Waals surface area contributed by atoms with Crippen molar-refractivity contribution < 1.29 is 14.2 Å². The molecule has 1 N–H and O–H groups in total. The minimum Gasteiger partial charge on any atom is -0.394 e. The van der Waals surface area contributed by atoms with Crippen molar-refractivity contribution in [1.82, 2.24) is 24.4 Å². The maximum Gasteiger partial charge on any atom is 0.167 e. The first kappa shape index (κ1) is 20.6. The van der Waals surface area contributed by atoms with Crippen molar-refractivity contribution in [2.45, 2.75) is 38.8 Å². The molecule has 0 radical (unpaired) electrons. The first-order valence-electron chi connectivity index (χ1n) is 10.1. The second-order valence-corrected chi connectivity index (χ2v) is 7.94. The lowest BCUT2D eigenvalue weighted by Crippen LogP contribution is -2.46. The average Bonchev–Trinajstić information content (AvgIpc) is 3.19. The average molecular weight is 414 g/mol. The molecule has 1 aliphatic heterocycles. The zero-order chi connectivity index (χ0) is 21.3.